The molecule has 1 atom stereocenters. The van der Waals surface area contributed by atoms with Crippen molar-refractivity contribution in [3.63, 3.8) is 0 Å². The minimum absolute atomic E-state index is 0.00667. The molecule has 108 valence electrons. The summed E-state index contributed by atoms with van der Waals surface area (Å²) in [6.45, 7) is 4.09. The number of hydrogen-bond donors (Lipinski definition) is 3. The number of nitrogens with two attached hydrogens (primary N) is 2. The van der Waals surface area contributed by atoms with Crippen molar-refractivity contribution >= 4 is 17.6 Å². The van der Waals surface area contributed by atoms with Crippen molar-refractivity contribution in [1.29, 1.82) is 0 Å². The van der Waals surface area contributed by atoms with Crippen molar-refractivity contribution in [2.75, 3.05) is 25.0 Å². The Morgan fingerprint density at radius 1 is 1.35 bits per heavy atom. The number of urea groups is 1. The highest BCUT2D eigenvalue weighted by molar-refractivity contribution is 5.95. The van der Waals surface area contributed by atoms with Gasteiger partial charge in [-0.15, -0.1) is 0 Å². The first-order valence-corrected chi connectivity index (χ1v) is 6.59. The minimum Gasteiger partial charge on any atom is -0.351 e. The van der Waals surface area contributed by atoms with Gasteiger partial charge >= 0.3 is 6.03 Å². The highest BCUT2D eigenvalue weighted by Gasteiger charge is 2.35. The average molecular weight is 276 g/mol. The predicted octanol–water partition coefficient (Wildman–Crippen LogP) is 0.988. The largest absolute Gasteiger partial charge is 0.351 e. The van der Waals surface area contributed by atoms with Crippen molar-refractivity contribution < 1.29 is 9.59 Å². The Morgan fingerprint density at radius 3 is 2.50 bits per heavy atom. The van der Waals surface area contributed by atoms with Crippen LogP contribution in [-0.2, 0) is 0 Å². The van der Waals surface area contributed by atoms with E-state index in [4.69, 9.17) is 11.5 Å². The zero-order valence-corrected chi connectivity index (χ0v) is 11.6. The Hall–Kier alpha value is -2.08. The lowest BCUT2D eigenvalue weighted by Crippen LogP contribution is -2.34. The van der Waals surface area contributed by atoms with Crippen LogP contribution in [0.1, 0.15) is 23.7 Å². The lowest BCUT2D eigenvalue weighted by Gasteiger charge is -2.22. The minimum atomic E-state index is -0.623. The second-order valence-corrected chi connectivity index (χ2v) is 5.56. The van der Waals surface area contributed by atoms with Crippen LogP contribution >= 0.6 is 0 Å². The summed E-state index contributed by atoms with van der Waals surface area (Å²) >= 11 is 0. The molecule has 1 fully saturated rings. The first-order chi connectivity index (χ1) is 9.43. The number of likely N-dealkylation sites (tertiary alicyclic amines) is 1. The lowest BCUT2D eigenvalue weighted by atomic mass is 9.90. The summed E-state index contributed by atoms with van der Waals surface area (Å²) in [6.07, 6.45) is 0.927. The number of anilines is 1. The number of carbonyl (C=O) groups is 2. The fraction of sp³-hybridized carbons (Fsp3) is 0.429. The Bertz CT molecular complexity index is 514. The summed E-state index contributed by atoms with van der Waals surface area (Å²) in [5.74, 6) is -0.00667. The molecule has 20 heavy (non-hydrogen) atoms. The maximum Gasteiger partial charge on any atom is 0.316 e. The fourth-order valence-corrected chi connectivity index (χ4v) is 2.38. The van der Waals surface area contributed by atoms with Crippen LogP contribution < -0.4 is 16.8 Å². The van der Waals surface area contributed by atoms with Gasteiger partial charge in [-0.3, -0.25) is 4.79 Å². The number of rotatable bonds is 3. The van der Waals surface area contributed by atoms with Crippen LogP contribution in [0.2, 0.25) is 0 Å². The summed E-state index contributed by atoms with van der Waals surface area (Å²) < 4.78 is 0. The SMILES string of the molecule is CC1(CN)CCN(C(=O)c2ccc(NC(N)=O)cc2)C1. The van der Waals surface area contributed by atoms with E-state index in [0.717, 1.165) is 13.0 Å². The first-order valence-electron chi connectivity index (χ1n) is 6.59. The zero-order valence-electron chi connectivity index (χ0n) is 11.6. The second-order valence-electron chi connectivity index (χ2n) is 5.56. The number of nitrogens with one attached hydrogen (secondary N) is 1. The molecule has 0 saturated carbocycles. The molecule has 1 saturated heterocycles. The van der Waals surface area contributed by atoms with Crippen molar-refractivity contribution in [2.45, 2.75) is 13.3 Å². The molecule has 0 spiro atoms. The zero-order chi connectivity index (χ0) is 14.8. The molecule has 0 radical (unpaired) electrons. The van der Waals surface area contributed by atoms with E-state index in [1.807, 2.05) is 4.90 Å². The molecular formula is C14H20N4O2. The molecule has 1 aliphatic heterocycles. The summed E-state index contributed by atoms with van der Waals surface area (Å²) in [5.41, 5.74) is 12.0. The normalized spacial score (nSPS) is 21.8. The van der Waals surface area contributed by atoms with E-state index in [-0.39, 0.29) is 11.3 Å². The van der Waals surface area contributed by atoms with E-state index >= 15 is 0 Å². The molecule has 5 N–H and O–H groups in total. The van der Waals surface area contributed by atoms with E-state index in [1.54, 1.807) is 24.3 Å². The van der Waals surface area contributed by atoms with E-state index in [9.17, 15) is 9.59 Å². The van der Waals surface area contributed by atoms with Gasteiger partial charge in [-0.05, 0) is 42.6 Å². The Balaban J connectivity index is 2.05. The standard InChI is InChI=1S/C14H20N4O2/c1-14(8-15)6-7-18(9-14)12(19)10-2-4-11(5-3-10)17-13(16)20/h2-5H,6-9,15H2,1H3,(H3,16,17,20). The molecule has 6 nitrogen and oxygen atoms in total. The average Bonchev–Trinajstić information content (AvgIpc) is 2.82. The fourth-order valence-electron chi connectivity index (χ4n) is 2.38. The van der Waals surface area contributed by atoms with E-state index < -0.39 is 6.03 Å². The number of primary amides is 1. The molecule has 2 rings (SSSR count). The molecule has 1 aromatic rings. The third-order valence-electron chi connectivity index (χ3n) is 3.74. The number of amides is 3. The molecule has 1 aromatic carbocycles. The van der Waals surface area contributed by atoms with Crippen molar-refractivity contribution in [3.05, 3.63) is 29.8 Å². The van der Waals surface area contributed by atoms with Crippen molar-refractivity contribution in [1.82, 2.24) is 4.90 Å². The van der Waals surface area contributed by atoms with Gasteiger partial charge in [0.1, 0.15) is 0 Å². The molecule has 3 amide bonds. The molecule has 0 aromatic heterocycles. The lowest BCUT2D eigenvalue weighted by molar-refractivity contribution is 0.0777. The van der Waals surface area contributed by atoms with Gasteiger partial charge in [0.2, 0.25) is 0 Å². The second kappa shape index (κ2) is 5.50. The van der Waals surface area contributed by atoms with Gasteiger partial charge in [-0.2, -0.15) is 0 Å². The van der Waals surface area contributed by atoms with Gasteiger partial charge in [-0.25, -0.2) is 4.79 Å². The number of benzene rings is 1. The number of nitrogens with zero attached hydrogens (tertiary/aromatic N) is 1. The van der Waals surface area contributed by atoms with Gasteiger partial charge in [-0.1, -0.05) is 6.92 Å². The van der Waals surface area contributed by atoms with Crippen molar-refractivity contribution in [3.8, 4) is 0 Å². The maximum absolute atomic E-state index is 12.4. The third kappa shape index (κ3) is 3.08. The van der Waals surface area contributed by atoms with Crippen LogP contribution in [0.25, 0.3) is 0 Å². The van der Waals surface area contributed by atoms with Gasteiger partial charge in [0.15, 0.2) is 0 Å². The summed E-state index contributed by atoms with van der Waals surface area (Å²) in [4.78, 5) is 24.9. The van der Waals surface area contributed by atoms with Crippen LogP contribution in [0.5, 0.6) is 0 Å². The molecule has 0 bridgehead atoms. The first kappa shape index (κ1) is 14.3. The van der Waals surface area contributed by atoms with Crippen LogP contribution in [0, 0.1) is 5.41 Å². The topological polar surface area (TPSA) is 101 Å². The van der Waals surface area contributed by atoms with E-state index in [1.165, 1.54) is 0 Å². The highest BCUT2D eigenvalue weighted by Crippen LogP contribution is 2.29. The quantitative estimate of drug-likeness (QED) is 0.767. The highest BCUT2D eigenvalue weighted by atomic mass is 16.2. The predicted molar refractivity (Wildman–Crippen MR) is 77.3 cm³/mol. The van der Waals surface area contributed by atoms with Gasteiger partial charge < -0.3 is 21.7 Å². The molecule has 6 heteroatoms. The Kier molecular flexibility index (Phi) is 3.94. The molecule has 0 aliphatic carbocycles. The van der Waals surface area contributed by atoms with Crippen molar-refractivity contribution in [2.24, 2.45) is 16.9 Å². The van der Waals surface area contributed by atoms with Crippen LogP contribution in [0.3, 0.4) is 0 Å². The van der Waals surface area contributed by atoms with Crippen LogP contribution in [0.4, 0.5) is 10.5 Å². The maximum atomic E-state index is 12.4. The molecule has 1 heterocycles. The van der Waals surface area contributed by atoms with Gasteiger partial charge in [0, 0.05) is 24.3 Å². The van der Waals surface area contributed by atoms with Gasteiger partial charge in [0.05, 0.1) is 0 Å². The number of carbonyl (C=O) groups excluding carboxylic acids is 2. The third-order valence-corrected chi connectivity index (χ3v) is 3.74. The Labute approximate surface area is 118 Å². The summed E-state index contributed by atoms with van der Waals surface area (Å²) in [7, 11) is 0. The summed E-state index contributed by atoms with van der Waals surface area (Å²) in [6, 6.07) is 6.08. The van der Waals surface area contributed by atoms with Gasteiger partial charge in [0.25, 0.3) is 5.91 Å². The number of hydrogen-bond acceptors (Lipinski definition) is 3. The molecule has 1 aliphatic rings. The van der Waals surface area contributed by atoms with E-state index in [0.29, 0.717) is 24.3 Å². The van der Waals surface area contributed by atoms with Crippen LogP contribution in [0.15, 0.2) is 24.3 Å². The smallest absolute Gasteiger partial charge is 0.316 e. The molecule has 1 unspecified atom stereocenters. The van der Waals surface area contributed by atoms with E-state index in [2.05, 4.69) is 12.2 Å². The molecular weight excluding hydrogens is 256 g/mol. The summed E-state index contributed by atoms with van der Waals surface area (Å²) in [5, 5.41) is 2.46. The van der Waals surface area contributed by atoms with Crippen LogP contribution in [-0.4, -0.2) is 36.5 Å². The monoisotopic (exact) mass is 276 g/mol. The Morgan fingerprint density at radius 2 is 2.00 bits per heavy atom.